The van der Waals surface area contributed by atoms with Gasteiger partial charge in [-0.3, -0.25) is 4.90 Å². The van der Waals surface area contributed by atoms with Crippen molar-refractivity contribution < 1.29 is 8.78 Å². The predicted molar refractivity (Wildman–Crippen MR) is 65.5 cm³/mol. The molecule has 0 atom stereocenters. The molecule has 0 saturated carbocycles. The van der Waals surface area contributed by atoms with E-state index < -0.39 is 6.43 Å². The summed E-state index contributed by atoms with van der Waals surface area (Å²) in [6, 6.07) is 6.49. The van der Waals surface area contributed by atoms with Crippen LogP contribution in [0.5, 0.6) is 0 Å². The average Bonchev–Trinajstić information content (AvgIpc) is 2.27. The molecule has 3 heteroatoms. The van der Waals surface area contributed by atoms with Crippen LogP contribution >= 0.6 is 0 Å². The molecule has 17 heavy (non-hydrogen) atoms. The Hall–Kier alpha value is -0.960. The Morgan fingerprint density at radius 2 is 2.00 bits per heavy atom. The van der Waals surface area contributed by atoms with Gasteiger partial charge in [-0.15, -0.1) is 0 Å². The van der Waals surface area contributed by atoms with Crippen molar-refractivity contribution in [3.05, 3.63) is 34.9 Å². The summed E-state index contributed by atoms with van der Waals surface area (Å²) in [6.07, 6.45) is -1.34. The molecule has 0 aromatic heterocycles. The summed E-state index contributed by atoms with van der Waals surface area (Å²) in [5.74, 6) is 0.491. The van der Waals surface area contributed by atoms with E-state index in [1.54, 1.807) is 0 Å². The van der Waals surface area contributed by atoms with Gasteiger partial charge in [0.1, 0.15) is 0 Å². The molecule has 0 radical (unpaired) electrons. The molecule has 0 spiro atoms. The molecule has 0 saturated heterocycles. The highest BCUT2D eigenvalue weighted by Gasteiger charge is 2.19. The van der Waals surface area contributed by atoms with Gasteiger partial charge in [-0.05, 0) is 29.0 Å². The Morgan fingerprint density at radius 1 is 1.24 bits per heavy atom. The van der Waals surface area contributed by atoms with Gasteiger partial charge in [-0.2, -0.15) is 0 Å². The summed E-state index contributed by atoms with van der Waals surface area (Å²) in [4.78, 5) is 1.84. The Morgan fingerprint density at radius 3 is 2.65 bits per heavy atom. The number of benzene rings is 1. The lowest BCUT2D eigenvalue weighted by Gasteiger charge is -2.29. The van der Waals surface area contributed by atoms with E-state index in [4.69, 9.17) is 0 Å². The van der Waals surface area contributed by atoms with Gasteiger partial charge >= 0.3 is 0 Å². The minimum absolute atomic E-state index is 0.106. The quantitative estimate of drug-likeness (QED) is 0.781. The molecule has 2 rings (SSSR count). The highest BCUT2D eigenvalue weighted by Crippen LogP contribution is 2.24. The van der Waals surface area contributed by atoms with Gasteiger partial charge < -0.3 is 0 Å². The van der Waals surface area contributed by atoms with Crippen molar-refractivity contribution in [3.8, 4) is 0 Å². The van der Waals surface area contributed by atoms with E-state index >= 15 is 0 Å². The van der Waals surface area contributed by atoms with E-state index in [9.17, 15) is 8.78 Å². The second kappa shape index (κ2) is 5.13. The van der Waals surface area contributed by atoms with Gasteiger partial charge in [-0.1, -0.05) is 32.0 Å². The summed E-state index contributed by atoms with van der Waals surface area (Å²) < 4.78 is 24.7. The van der Waals surface area contributed by atoms with Crippen LogP contribution in [0.15, 0.2) is 18.2 Å². The second-order valence-corrected chi connectivity index (χ2v) is 5.06. The largest absolute Gasteiger partial charge is 0.293 e. The zero-order valence-electron chi connectivity index (χ0n) is 10.4. The molecule has 0 fully saturated rings. The van der Waals surface area contributed by atoms with Crippen LogP contribution in [0.2, 0.25) is 0 Å². The van der Waals surface area contributed by atoms with Crippen LogP contribution in [-0.2, 0) is 13.0 Å². The fraction of sp³-hybridized carbons (Fsp3) is 0.571. The number of hydrogen-bond acceptors (Lipinski definition) is 1. The molecule has 1 aliphatic heterocycles. The lowest BCUT2D eigenvalue weighted by molar-refractivity contribution is 0.0820. The van der Waals surface area contributed by atoms with Crippen molar-refractivity contribution in [2.45, 2.75) is 39.2 Å². The van der Waals surface area contributed by atoms with Crippen molar-refractivity contribution in [2.75, 3.05) is 13.1 Å². The topological polar surface area (TPSA) is 3.24 Å². The Labute approximate surface area is 101 Å². The molecule has 1 nitrogen and oxygen atoms in total. The van der Waals surface area contributed by atoms with Crippen LogP contribution in [0.4, 0.5) is 8.78 Å². The molecular formula is C14H19F2N. The molecule has 0 bridgehead atoms. The number of alkyl halides is 2. The second-order valence-electron chi connectivity index (χ2n) is 5.06. The first kappa shape index (κ1) is 12.5. The third-order valence-electron chi connectivity index (χ3n) is 3.38. The van der Waals surface area contributed by atoms with E-state index in [-0.39, 0.29) is 6.54 Å². The standard InChI is InChI=1S/C14H19F2N/c1-10(2)12-4-3-11-5-6-17(9-14(15)16)8-13(11)7-12/h3-4,7,10,14H,5-6,8-9H2,1-2H3. The van der Waals surface area contributed by atoms with Crippen molar-refractivity contribution >= 4 is 0 Å². The third-order valence-corrected chi connectivity index (χ3v) is 3.38. The normalized spacial score (nSPS) is 16.6. The number of rotatable bonds is 3. The first-order chi connectivity index (χ1) is 8.06. The SMILES string of the molecule is CC(C)c1ccc2c(c1)CN(CC(F)F)CC2. The van der Waals surface area contributed by atoms with Gasteiger partial charge in [0, 0.05) is 13.1 Å². The Bertz CT molecular complexity index is 388. The zero-order valence-corrected chi connectivity index (χ0v) is 10.4. The number of hydrogen-bond donors (Lipinski definition) is 0. The molecular weight excluding hydrogens is 220 g/mol. The molecule has 1 aliphatic rings. The number of halogens is 2. The monoisotopic (exact) mass is 239 g/mol. The molecule has 0 aliphatic carbocycles. The van der Waals surface area contributed by atoms with E-state index in [0.29, 0.717) is 12.5 Å². The summed E-state index contributed by atoms with van der Waals surface area (Å²) in [6.45, 7) is 5.62. The van der Waals surface area contributed by atoms with Crippen LogP contribution < -0.4 is 0 Å². The van der Waals surface area contributed by atoms with Crippen LogP contribution in [0.3, 0.4) is 0 Å². The smallest absolute Gasteiger partial charge is 0.251 e. The number of nitrogens with zero attached hydrogens (tertiary/aromatic N) is 1. The van der Waals surface area contributed by atoms with Crippen molar-refractivity contribution in [1.82, 2.24) is 4.90 Å². The minimum Gasteiger partial charge on any atom is -0.293 e. The van der Waals surface area contributed by atoms with Crippen molar-refractivity contribution in [2.24, 2.45) is 0 Å². The summed E-state index contributed by atoms with van der Waals surface area (Å²) >= 11 is 0. The Kier molecular flexibility index (Phi) is 3.77. The first-order valence-electron chi connectivity index (χ1n) is 6.18. The maximum atomic E-state index is 12.4. The van der Waals surface area contributed by atoms with Gasteiger partial charge in [0.2, 0.25) is 0 Å². The lowest BCUT2D eigenvalue weighted by atomic mass is 9.93. The number of fused-ring (bicyclic) bond motifs is 1. The van der Waals surface area contributed by atoms with E-state index in [1.807, 2.05) is 4.90 Å². The lowest BCUT2D eigenvalue weighted by Crippen LogP contribution is -2.34. The summed E-state index contributed by atoms with van der Waals surface area (Å²) in [7, 11) is 0. The fourth-order valence-corrected chi connectivity index (χ4v) is 2.35. The van der Waals surface area contributed by atoms with Crippen LogP contribution in [-0.4, -0.2) is 24.4 Å². The van der Waals surface area contributed by atoms with Crippen LogP contribution in [0.25, 0.3) is 0 Å². The molecule has 0 N–H and O–H groups in total. The van der Waals surface area contributed by atoms with Gasteiger partial charge in [-0.25, -0.2) is 8.78 Å². The molecule has 1 aromatic carbocycles. The van der Waals surface area contributed by atoms with Gasteiger partial charge in [0.15, 0.2) is 0 Å². The van der Waals surface area contributed by atoms with Crippen molar-refractivity contribution in [1.29, 1.82) is 0 Å². The molecule has 94 valence electrons. The first-order valence-corrected chi connectivity index (χ1v) is 6.18. The molecule has 0 amide bonds. The van der Waals surface area contributed by atoms with Crippen LogP contribution in [0, 0.1) is 0 Å². The summed E-state index contributed by atoms with van der Waals surface area (Å²) in [5.41, 5.74) is 3.84. The Balaban J connectivity index is 2.15. The maximum absolute atomic E-state index is 12.4. The average molecular weight is 239 g/mol. The van der Waals surface area contributed by atoms with E-state index in [0.717, 1.165) is 13.0 Å². The third kappa shape index (κ3) is 3.03. The fourth-order valence-electron chi connectivity index (χ4n) is 2.35. The molecule has 1 aromatic rings. The maximum Gasteiger partial charge on any atom is 0.251 e. The zero-order chi connectivity index (χ0) is 12.4. The highest BCUT2D eigenvalue weighted by atomic mass is 19.3. The van der Waals surface area contributed by atoms with E-state index in [2.05, 4.69) is 32.0 Å². The predicted octanol–water partition coefficient (Wildman–Crippen LogP) is 3.43. The van der Waals surface area contributed by atoms with Gasteiger partial charge in [0.05, 0.1) is 6.54 Å². The van der Waals surface area contributed by atoms with Crippen LogP contribution in [0.1, 0.15) is 36.5 Å². The minimum atomic E-state index is -2.23. The molecule has 1 heterocycles. The highest BCUT2D eigenvalue weighted by molar-refractivity contribution is 5.35. The molecule has 0 unspecified atom stereocenters. The van der Waals surface area contributed by atoms with Gasteiger partial charge in [0.25, 0.3) is 6.43 Å². The van der Waals surface area contributed by atoms with E-state index in [1.165, 1.54) is 16.7 Å². The summed E-state index contributed by atoms with van der Waals surface area (Å²) in [5, 5.41) is 0. The van der Waals surface area contributed by atoms with Crippen molar-refractivity contribution in [3.63, 3.8) is 0 Å².